The zero-order chi connectivity index (χ0) is 17.3. The van der Waals surface area contributed by atoms with Crippen LogP contribution in [0.5, 0.6) is 0 Å². The van der Waals surface area contributed by atoms with Crippen molar-refractivity contribution < 1.29 is 8.78 Å². The molecule has 2 unspecified atom stereocenters. The molecule has 0 spiro atoms. The molecule has 0 radical (unpaired) electrons. The lowest BCUT2D eigenvalue weighted by molar-refractivity contribution is 0.0440. The maximum Gasteiger partial charge on any atom is 0.301 e. The van der Waals surface area contributed by atoms with Gasteiger partial charge in [0.15, 0.2) is 0 Å². The molecule has 1 aromatic heterocycles. The number of aromatic nitrogens is 1. The van der Waals surface area contributed by atoms with Gasteiger partial charge in [0.25, 0.3) is 0 Å². The van der Waals surface area contributed by atoms with Gasteiger partial charge < -0.3 is 10.2 Å². The van der Waals surface area contributed by atoms with E-state index in [0.717, 1.165) is 11.1 Å². The molecular weight excluding hydrogens is 425 g/mol. The van der Waals surface area contributed by atoms with Gasteiger partial charge in [0, 0.05) is 36.4 Å². The van der Waals surface area contributed by atoms with Crippen LogP contribution >= 0.6 is 22.6 Å². The highest BCUT2D eigenvalue weighted by molar-refractivity contribution is 14.1. The van der Waals surface area contributed by atoms with E-state index in [1.807, 2.05) is 17.0 Å². The van der Waals surface area contributed by atoms with Crippen LogP contribution in [0.2, 0.25) is 0 Å². The van der Waals surface area contributed by atoms with E-state index in [-0.39, 0.29) is 12.6 Å². The van der Waals surface area contributed by atoms with Crippen molar-refractivity contribution in [2.24, 2.45) is 5.92 Å². The Bertz CT molecular complexity index is 784. The lowest BCUT2D eigenvalue weighted by Crippen LogP contribution is -2.51. The normalized spacial score (nSPS) is 21.7. The minimum absolute atomic E-state index is 0.00763. The first-order chi connectivity index (χ1) is 11.4. The fourth-order valence-electron chi connectivity index (χ4n) is 3.27. The van der Waals surface area contributed by atoms with Crippen LogP contribution in [-0.4, -0.2) is 35.1 Å². The first-order valence-electron chi connectivity index (χ1n) is 7.70. The Balaban J connectivity index is 2.05. The molecule has 4 nitrogen and oxygen atoms in total. The molecule has 1 aliphatic rings. The largest absolute Gasteiger partial charge is 0.369 e. The van der Waals surface area contributed by atoms with Crippen molar-refractivity contribution in [3.05, 3.63) is 36.0 Å². The van der Waals surface area contributed by atoms with E-state index in [2.05, 4.69) is 16.4 Å². The van der Waals surface area contributed by atoms with Gasteiger partial charge in [-0.3, -0.25) is 4.98 Å². The first-order valence-corrected chi connectivity index (χ1v) is 8.78. The molecular formula is C17H17F2IN4. The molecule has 0 aliphatic carbocycles. The van der Waals surface area contributed by atoms with Gasteiger partial charge in [-0.15, -0.1) is 0 Å². The van der Waals surface area contributed by atoms with Crippen LogP contribution in [0.25, 0.3) is 10.9 Å². The topological polar surface area (TPSA) is 52.0 Å². The number of nitrogens with zero attached hydrogens (tertiary/aromatic N) is 3. The van der Waals surface area contributed by atoms with Crippen LogP contribution in [0, 0.1) is 17.2 Å². The zero-order valence-electron chi connectivity index (χ0n) is 13.1. The van der Waals surface area contributed by atoms with E-state index < -0.39 is 9.85 Å². The molecule has 3 rings (SSSR count). The number of alkyl halides is 3. The number of rotatable bonds is 3. The van der Waals surface area contributed by atoms with Crippen molar-refractivity contribution in [1.29, 1.82) is 5.26 Å². The smallest absolute Gasteiger partial charge is 0.301 e. The Morgan fingerprint density at radius 3 is 2.83 bits per heavy atom. The molecule has 0 saturated carbocycles. The highest BCUT2D eigenvalue weighted by Crippen LogP contribution is 2.40. The van der Waals surface area contributed by atoms with Crippen LogP contribution in [0.4, 0.5) is 14.5 Å². The zero-order valence-corrected chi connectivity index (χ0v) is 15.3. The summed E-state index contributed by atoms with van der Waals surface area (Å²) in [6.07, 6.45) is 2.08. The average molecular weight is 442 g/mol. The summed E-state index contributed by atoms with van der Waals surface area (Å²) in [4.78, 5) is 6.28. The lowest BCUT2D eigenvalue weighted by atomic mass is 9.93. The number of likely N-dealkylation sites (N-methyl/N-ethyl adjacent to an activating group) is 1. The Kier molecular flexibility index (Phi) is 4.88. The third-order valence-electron chi connectivity index (χ3n) is 4.53. The number of benzene rings is 1. The van der Waals surface area contributed by atoms with Gasteiger partial charge in [0.1, 0.15) is 6.07 Å². The Morgan fingerprint density at radius 2 is 2.17 bits per heavy atom. The second-order valence-corrected chi connectivity index (χ2v) is 7.45. The summed E-state index contributed by atoms with van der Waals surface area (Å²) >= 11 is 1.24. The number of pyridine rings is 1. The standard InChI is InChI=1S/C17H17F2IN4/c1-22-13-7-12(17(18,19)20)9-24(10-13)15-5-4-11(8-21)16-14(15)3-2-6-23-16/h2-6,12-13,22H,7,9-10H2,1H3. The maximum absolute atomic E-state index is 13.9. The average Bonchev–Trinajstić information content (AvgIpc) is 2.59. The molecule has 1 aliphatic heterocycles. The van der Waals surface area contributed by atoms with Crippen molar-refractivity contribution in [2.75, 3.05) is 25.0 Å². The van der Waals surface area contributed by atoms with E-state index in [0.29, 0.717) is 24.0 Å². The SMILES string of the molecule is CNC1CC(C(F)(F)I)CN(c2ccc(C#N)c3ncccc23)C1. The van der Waals surface area contributed by atoms with Crippen LogP contribution in [0.1, 0.15) is 12.0 Å². The summed E-state index contributed by atoms with van der Waals surface area (Å²) in [6, 6.07) is 9.37. The van der Waals surface area contributed by atoms with E-state index in [1.165, 1.54) is 22.6 Å². The monoisotopic (exact) mass is 442 g/mol. The van der Waals surface area contributed by atoms with Crippen LogP contribution in [-0.2, 0) is 0 Å². The number of hydrogen-bond donors (Lipinski definition) is 1. The molecule has 7 heteroatoms. The van der Waals surface area contributed by atoms with Crippen molar-refractivity contribution in [3.63, 3.8) is 0 Å². The molecule has 0 bridgehead atoms. The molecule has 126 valence electrons. The molecule has 2 atom stereocenters. The second-order valence-electron chi connectivity index (χ2n) is 6.01. The van der Waals surface area contributed by atoms with Gasteiger partial charge in [0.2, 0.25) is 0 Å². The van der Waals surface area contributed by atoms with Crippen molar-refractivity contribution >= 4 is 39.2 Å². The molecule has 2 aromatic rings. The van der Waals surface area contributed by atoms with Crippen molar-refractivity contribution in [1.82, 2.24) is 10.3 Å². The molecule has 1 fully saturated rings. The molecule has 1 N–H and O–H groups in total. The molecule has 1 saturated heterocycles. The second kappa shape index (κ2) is 6.76. The van der Waals surface area contributed by atoms with Crippen LogP contribution in [0.15, 0.2) is 30.5 Å². The Morgan fingerprint density at radius 1 is 1.38 bits per heavy atom. The third kappa shape index (κ3) is 3.30. The fraction of sp³-hybridized carbons (Fsp3) is 0.412. The fourth-order valence-corrected chi connectivity index (χ4v) is 3.72. The van der Waals surface area contributed by atoms with Gasteiger partial charge in [0.05, 0.1) is 17.0 Å². The van der Waals surface area contributed by atoms with Gasteiger partial charge in [-0.05, 0) is 60.3 Å². The van der Waals surface area contributed by atoms with Crippen molar-refractivity contribution in [2.45, 2.75) is 16.4 Å². The Hall–Kier alpha value is -1.53. The highest BCUT2D eigenvalue weighted by Gasteiger charge is 2.42. The third-order valence-corrected chi connectivity index (χ3v) is 5.41. The van der Waals surface area contributed by atoms with E-state index in [9.17, 15) is 14.0 Å². The maximum atomic E-state index is 13.9. The van der Waals surface area contributed by atoms with Gasteiger partial charge in [-0.2, -0.15) is 14.0 Å². The van der Waals surface area contributed by atoms with E-state index in [4.69, 9.17) is 0 Å². The van der Waals surface area contributed by atoms with Gasteiger partial charge >= 0.3 is 3.93 Å². The predicted molar refractivity (Wildman–Crippen MR) is 98.6 cm³/mol. The Labute approximate surface area is 153 Å². The number of anilines is 1. The summed E-state index contributed by atoms with van der Waals surface area (Å²) in [5.74, 6) is -0.730. The minimum Gasteiger partial charge on any atom is -0.369 e. The molecule has 1 aromatic carbocycles. The predicted octanol–water partition coefficient (Wildman–Crippen LogP) is 3.55. The number of nitrogens with one attached hydrogen (secondary N) is 1. The van der Waals surface area contributed by atoms with Crippen LogP contribution in [0.3, 0.4) is 0 Å². The highest BCUT2D eigenvalue weighted by atomic mass is 127. The van der Waals surface area contributed by atoms with Crippen LogP contribution < -0.4 is 10.2 Å². The number of halogens is 3. The number of fused-ring (bicyclic) bond motifs is 1. The summed E-state index contributed by atoms with van der Waals surface area (Å²) in [5, 5.41) is 13.2. The summed E-state index contributed by atoms with van der Waals surface area (Å²) in [5.41, 5.74) is 1.96. The van der Waals surface area contributed by atoms with Gasteiger partial charge in [-0.1, -0.05) is 0 Å². The molecule has 24 heavy (non-hydrogen) atoms. The molecule has 2 heterocycles. The summed E-state index contributed by atoms with van der Waals surface area (Å²) < 4.78 is 25.1. The van der Waals surface area contributed by atoms with Gasteiger partial charge in [-0.25, -0.2) is 0 Å². The van der Waals surface area contributed by atoms with E-state index in [1.54, 1.807) is 25.4 Å². The quantitative estimate of drug-likeness (QED) is 0.584. The molecule has 0 amide bonds. The number of nitriles is 1. The number of hydrogen-bond acceptors (Lipinski definition) is 4. The summed E-state index contributed by atoms with van der Waals surface area (Å²) in [6.45, 7) is 0.930. The summed E-state index contributed by atoms with van der Waals surface area (Å²) in [7, 11) is 1.80. The first kappa shape index (κ1) is 17.3. The van der Waals surface area contributed by atoms with Crippen molar-refractivity contribution in [3.8, 4) is 6.07 Å². The van der Waals surface area contributed by atoms with E-state index >= 15 is 0 Å². The number of piperidine rings is 1. The lowest BCUT2D eigenvalue weighted by Gasteiger charge is -2.41. The minimum atomic E-state index is -2.76.